The second kappa shape index (κ2) is 6.37. The van der Waals surface area contributed by atoms with E-state index in [9.17, 15) is 13.2 Å². The summed E-state index contributed by atoms with van der Waals surface area (Å²) in [6.45, 7) is 10.1. The fourth-order valence-electron chi connectivity index (χ4n) is 1.99. The molecule has 0 spiro atoms. The van der Waals surface area contributed by atoms with Crippen molar-refractivity contribution in [2.24, 2.45) is 0 Å². The summed E-state index contributed by atoms with van der Waals surface area (Å²) in [6.07, 6.45) is -1.82. The lowest BCUT2D eigenvalue weighted by Crippen LogP contribution is -2.22. The van der Waals surface area contributed by atoms with Gasteiger partial charge in [0.15, 0.2) is 0 Å². The second-order valence-electron chi connectivity index (χ2n) is 5.51. The highest BCUT2D eigenvalue weighted by Crippen LogP contribution is 2.40. The van der Waals surface area contributed by atoms with E-state index in [1.165, 1.54) is 17.8 Å². The lowest BCUT2D eigenvalue weighted by atomic mass is 9.78. The van der Waals surface area contributed by atoms with Crippen molar-refractivity contribution in [1.29, 1.82) is 0 Å². The fourth-order valence-corrected chi connectivity index (χ4v) is 2.98. The summed E-state index contributed by atoms with van der Waals surface area (Å²) in [5.74, 6) is 0. The number of rotatable bonds is 5. The molecule has 1 aromatic rings. The van der Waals surface area contributed by atoms with Gasteiger partial charge in [-0.1, -0.05) is 34.6 Å². The molecule has 0 aromatic carbocycles. The summed E-state index contributed by atoms with van der Waals surface area (Å²) >= 11 is 1.52. The highest BCUT2D eigenvalue weighted by Gasteiger charge is 2.34. The van der Waals surface area contributed by atoms with Gasteiger partial charge in [0.2, 0.25) is 0 Å². The molecule has 0 aliphatic rings. The SMILES string of the molecule is CCC(C)(CC)c1cc(C(F)(F)F)cnc1SC(C)C. The minimum absolute atomic E-state index is 0.272. The van der Waals surface area contributed by atoms with Crippen molar-refractivity contribution in [2.75, 3.05) is 0 Å². The standard InChI is InChI=1S/C15H22F3NS/c1-6-14(5,7-2)12-8-11(15(16,17)18)9-19-13(12)20-10(3)4/h8-10H,6-7H2,1-5H3. The molecule has 0 fully saturated rings. The smallest absolute Gasteiger partial charge is 0.249 e. The Morgan fingerprint density at radius 1 is 1.20 bits per heavy atom. The van der Waals surface area contributed by atoms with E-state index in [0.29, 0.717) is 0 Å². The number of pyridine rings is 1. The molecule has 0 aliphatic heterocycles. The van der Waals surface area contributed by atoms with Crippen molar-refractivity contribution < 1.29 is 13.2 Å². The Bertz CT molecular complexity index is 451. The van der Waals surface area contributed by atoms with Crippen LogP contribution in [0.15, 0.2) is 17.3 Å². The Balaban J connectivity index is 3.40. The summed E-state index contributed by atoms with van der Waals surface area (Å²) in [4.78, 5) is 4.09. The van der Waals surface area contributed by atoms with Crippen molar-refractivity contribution in [3.8, 4) is 0 Å². The lowest BCUT2D eigenvalue weighted by Gasteiger charge is -2.30. The molecular weight excluding hydrogens is 283 g/mol. The molecule has 5 heteroatoms. The van der Waals surface area contributed by atoms with Crippen LogP contribution in [0.3, 0.4) is 0 Å². The van der Waals surface area contributed by atoms with Gasteiger partial charge in [-0.05, 0) is 29.9 Å². The van der Waals surface area contributed by atoms with Crippen LogP contribution in [0, 0.1) is 0 Å². The average Bonchev–Trinajstić information content (AvgIpc) is 2.36. The molecule has 20 heavy (non-hydrogen) atoms. The first-order valence-electron chi connectivity index (χ1n) is 6.88. The van der Waals surface area contributed by atoms with Crippen LogP contribution in [0.25, 0.3) is 0 Å². The third-order valence-corrected chi connectivity index (χ3v) is 4.76. The molecule has 0 unspecified atom stereocenters. The lowest BCUT2D eigenvalue weighted by molar-refractivity contribution is -0.138. The van der Waals surface area contributed by atoms with E-state index in [-0.39, 0.29) is 10.7 Å². The molecule has 1 heterocycles. The minimum atomic E-state index is -4.34. The molecule has 0 saturated carbocycles. The van der Waals surface area contributed by atoms with Gasteiger partial charge in [0.05, 0.1) is 10.6 Å². The van der Waals surface area contributed by atoms with Gasteiger partial charge in [0.25, 0.3) is 0 Å². The topological polar surface area (TPSA) is 12.9 Å². The number of thioether (sulfide) groups is 1. The van der Waals surface area contributed by atoms with Crippen LogP contribution < -0.4 is 0 Å². The number of alkyl halides is 3. The Kier molecular flexibility index (Phi) is 5.53. The van der Waals surface area contributed by atoms with Gasteiger partial charge in [-0.2, -0.15) is 13.2 Å². The van der Waals surface area contributed by atoms with Crippen LogP contribution in [0.4, 0.5) is 13.2 Å². The molecule has 114 valence electrons. The van der Waals surface area contributed by atoms with E-state index in [1.807, 2.05) is 34.6 Å². The monoisotopic (exact) mass is 305 g/mol. The van der Waals surface area contributed by atoms with Crippen LogP contribution in [0.1, 0.15) is 58.6 Å². The predicted octanol–water partition coefficient (Wildman–Crippen LogP) is 5.68. The Morgan fingerprint density at radius 3 is 2.15 bits per heavy atom. The molecule has 0 atom stereocenters. The molecule has 0 saturated heterocycles. The molecular formula is C15H22F3NS. The number of hydrogen-bond acceptors (Lipinski definition) is 2. The van der Waals surface area contributed by atoms with E-state index < -0.39 is 11.7 Å². The van der Waals surface area contributed by atoms with Gasteiger partial charge >= 0.3 is 6.18 Å². The largest absolute Gasteiger partial charge is 0.417 e. The highest BCUT2D eigenvalue weighted by molar-refractivity contribution is 7.99. The maximum absolute atomic E-state index is 12.9. The Morgan fingerprint density at radius 2 is 1.75 bits per heavy atom. The molecule has 0 aliphatic carbocycles. The summed E-state index contributed by atoms with van der Waals surface area (Å²) in [7, 11) is 0. The number of nitrogens with zero attached hydrogens (tertiary/aromatic N) is 1. The van der Waals surface area contributed by atoms with Gasteiger partial charge in [0, 0.05) is 11.4 Å². The maximum Gasteiger partial charge on any atom is 0.417 e. The maximum atomic E-state index is 12.9. The zero-order valence-corrected chi connectivity index (χ0v) is 13.5. The Hall–Kier alpha value is -0.710. The van der Waals surface area contributed by atoms with Crippen LogP contribution in [0.2, 0.25) is 0 Å². The van der Waals surface area contributed by atoms with E-state index in [1.54, 1.807) is 0 Å². The third kappa shape index (κ3) is 3.90. The molecule has 0 amide bonds. The van der Waals surface area contributed by atoms with E-state index in [4.69, 9.17) is 0 Å². The van der Waals surface area contributed by atoms with Crippen LogP contribution in [-0.2, 0) is 11.6 Å². The van der Waals surface area contributed by atoms with Crippen molar-refractivity contribution in [2.45, 2.75) is 69.3 Å². The molecule has 1 rings (SSSR count). The van der Waals surface area contributed by atoms with Gasteiger partial charge in [0.1, 0.15) is 0 Å². The zero-order valence-electron chi connectivity index (χ0n) is 12.6. The molecule has 0 radical (unpaired) electrons. The quantitative estimate of drug-likeness (QED) is 0.649. The predicted molar refractivity (Wildman–Crippen MR) is 78.2 cm³/mol. The summed E-state index contributed by atoms with van der Waals surface area (Å²) < 4.78 is 38.7. The highest BCUT2D eigenvalue weighted by atomic mass is 32.2. The van der Waals surface area contributed by atoms with Gasteiger partial charge in [-0.15, -0.1) is 11.8 Å². The second-order valence-corrected chi connectivity index (χ2v) is 7.07. The zero-order chi connectivity index (χ0) is 15.6. The third-order valence-electron chi connectivity index (χ3n) is 3.74. The number of halogens is 3. The van der Waals surface area contributed by atoms with Gasteiger partial charge in [-0.25, -0.2) is 4.98 Å². The van der Waals surface area contributed by atoms with Crippen molar-refractivity contribution >= 4 is 11.8 Å². The van der Waals surface area contributed by atoms with Crippen LogP contribution >= 0.6 is 11.8 Å². The Labute approximate surface area is 123 Å². The first-order chi connectivity index (χ1) is 9.14. The van der Waals surface area contributed by atoms with Gasteiger partial charge in [-0.3, -0.25) is 0 Å². The first kappa shape index (κ1) is 17.3. The fraction of sp³-hybridized carbons (Fsp3) is 0.667. The van der Waals surface area contributed by atoms with Crippen molar-refractivity contribution in [3.63, 3.8) is 0 Å². The number of hydrogen-bond donors (Lipinski definition) is 0. The summed E-state index contributed by atoms with van der Waals surface area (Å²) in [5.41, 5.74) is -0.212. The minimum Gasteiger partial charge on any atom is -0.249 e. The van der Waals surface area contributed by atoms with Crippen molar-refractivity contribution in [3.05, 3.63) is 23.4 Å². The molecule has 1 nitrogen and oxygen atoms in total. The van der Waals surface area contributed by atoms with E-state index in [2.05, 4.69) is 4.98 Å². The summed E-state index contributed by atoms with van der Waals surface area (Å²) in [6, 6.07) is 1.28. The first-order valence-corrected chi connectivity index (χ1v) is 7.76. The average molecular weight is 305 g/mol. The molecule has 1 aromatic heterocycles. The molecule has 0 N–H and O–H groups in total. The molecule has 0 bridgehead atoms. The summed E-state index contributed by atoms with van der Waals surface area (Å²) in [5, 5.41) is 1.01. The van der Waals surface area contributed by atoms with Crippen LogP contribution in [-0.4, -0.2) is 10.2 Å². The van der Waals surface area contributed by atoms with Crippen molar-refractivity contribution in [1.82, 2.24) is 4.98 Å². The van der Waals surface area contributed by atoms with E-state index in [0.717, 1.165) is 29.6 Å². The van der Waals surface area contributed by atoms with E-state index >= 15 is 0 Å². The van der Waals surface area contributed by atoms with Gasteiger partial charge < -0.3 is 0 Å². The normalized spacial score (nSPS) is 13.1. The van der Waals surface area contributed by atoms with Crippen LogP contribution in [0.5, 0.6) is 0 Å². The number of aromatic nitrogens is 1.